The van der Waals surface area contributed by atoms with Crippen LogP contribution in [0.25, 0.3) is 0 Å². The maximum atomic E-state index is 10.8. The predicted octanol–water partition coefficient (Wildman–Crippen LogP) is 1.97. The van der Waals surface area contributed by atoms with Crippen molar-refractivity contribution in [3.05, 3.63) is 35.8 Å². The minimum absolute atomic E-state index is 0.237. The highest BCUT2D eigenvalue weighted by Gasteiger charge is 2.09. The number of carbonyl (C=O) groups is 1. The molecule has 0 radical (unpaired) electrons. The van der Waals surface area contributed by atoms with Crippen molar-refractivity contribution < 1.29 is 9.90 Å². The van der Waals surface area contributed by atoms with Crippen molar-refractivity contribution in [2.75, 3.05) is 0 Å². The molecule has 1 N–H and O–H groups in total. The predicted molar refractivity (Wildman–Crippen MR) is 63.3 cm³/mol. The van der Waals surface area contributed by atoms with Crippen LogP contribution in [0.4, 0.5) is 0 Å². The molecule has 2 heterocycles. The number of nitrogens with zero attached hydrogens (tertiary/aromatic N) is 3. The van der Waals surface area contributed by atoms with Crippen LogP contribution in [0, 0.1) is 6.92 Å². The van der Waals surface area contributed by atoms with Crippen LogP contribution in [0.3, 0.4) is 0 Å². The Morgan fingerprint density at radius 3 is 2.76 bits per heavy atom. The van der Waals surface area contributed by atoms with Crippen LogP contribution in [0.2, 0.25) is 0 Å². The van der Waals surface area contributed by atoms with Crippen LogP contribution in [0.1, 0.15) is 16.1 Å². The van der Waals surface area contributed by atoms with Crippen molar-refractivity contribution in [3.63, 3.8) is 0 Å². The summed E-state index contributed by atoms with van der Waals surface area (Å²) in [5, 5.41) is 13.7. The standard InChI is InChI=1S/C11H11N3O2S/c1-7-9(11(15)16)3-4-10(13-7)17-8-5-12-14(2)6-8/h3-6H,1-2H3,(H,15,16). The summed E-state index contributed by atoms with van der Waals surface area (Å²) >= 11 is 1.46. The summed E-state index contributed by atoms with van der Waals surface area (Å²) in [6.07, 6.45) is 3.62. The molecule has 0 atom stereocenters. The second-order valence-corrected chi connectivity index (χ2v) is 4.63. The number of rotatable bonds is 3. The molecule has 5 nitrogen and oxygen atoms in total. The molecule has 2 aromatic heterocycles. The van der Waals surface area contributed by atoms with Gasteiger partial charge in [0, 0.05) is 13.2 Å². The molecule has 0 aliphatic heterocycles. The van der Waals surface area contributed by atoms with Gasteiger partial charge in [-0.05, 0) is 19.1 Å². The fraction of sp³-hybridized carbons (Fsp3) is 0.182. The lowest BCUT2D eigenvalue weighted by atomic mass is 10.2. The van der Waals surface area contributed by atoms with E-state index in [1.54, 1.807) is 29.9 Å². The molecule has 17 heavy (non-hydrogen) atoms. The van der Waals surface area contributed by atoms with Crippen LogP contribution < -0.4 is 0 Å². The first kappa shape index (κ1) is 11.7. The number of aromatic nitrogens is 3. The third-order valence-electron chi connectivity index (χ3n) is 2.19. The molecule has 0 aromatic carbocycles. The molecule has 0 aliphatic carbocycles. The number of carboxylic acids is 1. The van der Waals surface area contributed by atoms with E-state index in [4.69, 9.17) is 5.11 Å². The maximum absolute atomic E-state index is 10.8. The van der Waals surface area contributed by atoms with Gasteiger partial charge in [-0.2, -0.15) is 5.10 Å². The lowest BCUT2D eigenvalue weighted by Gasteiger charge is -2.02. The van der Waals surface area contributed by atoms with Crippen molar-refractivity contribution in [2.24, 2.45) is 7.05 Å². The molecule has 0 unspecified atom stereocenters. The largest absolute Gasteiger partial charge is 0.478 e. The van der Waals surface area contributed by atoms with Crippen molar-refractivity contribution in [1.82, 2.24) is 14.8 Å². The number of aryl methyl sites for hydroxylation is 2. The van der Waals surface area contributed by atoms with Crippen LogP contribution in [-0.2, 0) is 7.05 Å². The summed E-state index contributed by atoms with van der Waals surface area (Å²) < 4.78 is 1.71. The maximum Gasteiger partial charge on any atom is 0.337 e. The van der Waals surface area contributed by atoms with E-state index in [1.165, 1.54) is 11.8 Å². The topological polar surface area (TPSA) is 68.0 Å². The molecule has 0 saturated heterocycles. The SMILES string of the molecule is Cc1nc(Sc2cnn(C)c2)ccc1C(=O)O. The van der Waals surface area contributed by atoms with Gasteiger partial charge in [0.25, 0.3) is 0 Å². The van der Waals surface area contributed by atoms with E-state index in [0.29, 0.717) is 5.69 Å². The Kier molecular flexibility index (Phi) is 3.14. The van der Waals surface area contributed by atoms with Crippen molar-refractivity contribution >= 4 is 17.7 Å². The van der Waals surface area contributed by atoms with Crippen molar-refractivity contribution in [3.8, 4) is 0 Å². The number of hydrogen-bond donors (Lipinski definition) is 1. The zero-order chi connectivity index (χ0) is 12.4. The third-order valence-corrected chi connectivity index (χ3v) is 3.08. The van der Waals surface area contributed by atoms with E-state index >= 15 is 0 Å². The van der Waals surface area contributed by atoms with Gasteiger partial charge in [0.15, 0.2) is 0 Å². The Bertz CT molecular complexity index is 566. The first-order valence-corrected chi connectivity index (χ1v) is 5.75. The normalized spacial score (nSPS) is 10.5. The molecule has 2 rings (SSSR count). The van der Waals surface area contributed by atoms with Gasteiger partial charge in [-0.25, -0.2) is 9.78 Å². The summed E-state index contributed by atoms with van der Waals surface area (Å²) in [4.78, 5) is 16.1. The Hall–Kier alpha value is -1.82. The van der Waals surface area contributed by atoms with Gasteiger partial charge in [0.1, 0.15) is 5.03 Å². The summed E-state index contributed by atoms with van der Waals surface area (Å²) in [5.41, 5.74) is 0.756. The molecular formula is C11H11N3O2S. The second kappa shape index (κ2) is 4.58. The monoisotopic (exact) mass is 249 g/mol. The molecular weight excluding hydrogens is 238 g/mol. The minimum Gasteiger partial charge on any atom is -0.478 e. The van der Waals surface area contributed by atoms with Crippen LogP contribution >= 0.6 is 11.8 Å². The van der Waals surface area contributed by atoms with E-state index in [0.717, 1.165) is 9.92 Å². The quantitative estimate of drug-likeness (QED) is 0.900. The minimum atomic E-state index is -0.951. The van der Waals surface area contributed by atoms with Gasteiger partial charge >= 0.3 is 5.97 Å². The average Bonchev–Trinajstić information content (AvgIpc) is 2.63. The number of carboxylic acid groups (broad SMARTS) is 1. The highest BCUT2D eigenvalue weighted by Crippen LogP contribution is 2.26. The average molecular weight is 249 g/mol. The molecule has 0 bridgehead atoms. The molecule has 0 fully saturated rings. The Morgan fingerprint density at radius 2 is 2.24 bits per heavy atom. The van der Waals surface area contributed by atoms with E-state index < -0.39 is 5.97 Å². The van der Waals surface area contributed by atoms with Gasteiger partial charge in [-0.1, -0.05) is 11.8 Å². The van der Waals surface area contributed by atoms with E-state index in [9.17, 15) is 4.79 Å². The van der Waals surface area contributed by atoms with Crippen molar-refractivity contribution in [2.45, 2.75) is 16.8 Å². The molecule has 6 heteroatoms. The summed E-state index contributed by atoms with van der Waals surface area (Å²) in [7, 11) is 1.84. The fourth-order valence-corrected chi connectivity index (χ4v) is 2.26. The Morgan fingerprint density at radius 1 is 1.47 bits per heavy atom. The zero-order valence-corrected chi connectivity index (χ0v) is 10.2. The number of hydrogen-bond acceptors (Lipinski definition) is 4. The summed E-state index contributed by atoms with van der Waals surface area (Å²) in [6.45, 7) is 1.69. The summed E-state index contributed by atoms with van der Waals surface area (Å²) in [5.74, 6) is -0.951. The van der Waals surface area contributed by atoms with Crippen molar-refractivity contribution in [1.29, 1.82) is 0 Å². The fourth-order valence-electron chi connectivity index (χ4n) is 1.39. The third kappa shape index (κ3) is 2.65. The lowest BCUT2D eigenvalue weighted by Crippen LogP contribution is -2.01. The van der Waals surface area contributed by atoms with Crippen LogP contribution in [-0.4, -0.2) is 25.8 Å². The number of aromatic carboxylic acids is 1. The number of pyridine rings is 1. The zero-order valence-electron chi connectivity index (χ0n) is 9.41. The first-order chi connectivity index (χ1) is 8.06. The Balaban J connectivity index is 2.23. The van der Waals surface area contributed by atoms with Crippen LogP contribution in [0.5, 0.6) is 0 Å². The molecule has 0 saturated carbocycles. The summed E-state index contributed by atoms with van der Waals surface area (Å²) in [6, 6.07) is 3.28. The molecule has 0 aliphatic rings. The van der Waals surface area contributed by atoms with E-state index in [1.807, 2.05) is 13.2 Å². The van der Waals surface area contributed by atoms with E-state index in [-0.39, 0.29) is 5.56 Å². The first-order valence-electron chi connectivity index (χ1n) is 4.93. The van der Waals surface area contributed by atoms with Crippen LogP contribution in [0.15, 0.2) is 34.4 Å². The highest BCUT2D eigenvalue weighted by atomic mass is 32.2. The Labute approximate surface area is 102 Å². The van der Waals surface area contributed by atoms with Gasteiger partial charge in [-0.3, -0.25) is 4.68 Å². The molecule has 0 amide bonds. The van der Waals surface area contributed by atoms with Gasteiger partial charge in [-0.15, -0.1) is 0 Å². The molecule has 88 valence electrons. The molecule has 2 aromatic rings. The second-order valence-electron chi connectivity index (χ2n) is 3.54. The molecule has 0 spiro atoms. The van der Waals surface area contributed by atoms with Gasteiger partial charge < -0.3 is 5.11 Å². The van der Waals surface area contributed by atoms with E-state index in [2.05, 4.69) is 10.1 Å². The highest BCUT2D eigenvalue weighted by molar-refractivity contribution is 7.99. The van der Waals surface area contributed by atoms with Gasteiger partial charge in [0.2, 0.25) is 0 Å². The smallest absolute Gasteiger partial charge is 0.337 e. The lowest BCUT2D eigenvalue weighted by molar-refractivity contribution is 0.0695. The van der Waals surface area contributed by atoms with Gasteiger partial charge in [0.05, 0.1) is 22.3 Å².